The molecular weight excluding hydrogens is 220 g/mol. The smallest absolute Gasteiger partial charge is 0.338 e. The molecule has 1 fully saturated rings. The van der Waals surface area contributed by atoms with Crippen molar-refractivity contribution >= 4 is 11.9 Å². The summed E-state index contributed by atoms with van der Waals surface area (Å²) in [5.74, 6) is -1.55. The Balaban J connectivity index is 1.91. The number of carbonyl (C=O) groups is 2. The van der Waals surface area contributed by atoms with E-state index in [1.54, 1.807) is 24.3 Å². The summed E-state index contributed by atoms with van der Waals surface area (Å²) in [7, 11) is 0. The maximum absolute atomic E-state index is 11.7. The molecule has 0 heterocycles. The molecule has 1 aliphatic carbocycles. The molecule has 0 radical (unpaired) electrons. The zero-order valence-corrected chi connectivity index (χ0v) is 9.33. The Bertz CT molecular complexity index is 413. The van der Waals surface area contributed by atoms with Gasteiger partial charge in [-0.1, -0.05) is 18.2 Å². The minimum absolute atomic E-state index is 0.260. The Kier molecular flexibility index (Phi) is 3.42. The predicted octanol–water partition coefficient (Wildman–Crippen LogP) is 2.10. The summed E-state index contributed by atoms with van der Waals surface area (Å²) in [6.45, 7) is 0. The van der Waals surface area contributed by atoms with E-state index in [0.29, 0.717) is 24.8 Å². The van der Waals surface area contributed by atoms with Gasteiger partial charge in [-0.3, -0.25) is 4.79 Å². The van der Waals surface area contributed by atoms with E-state index in [-0.39, 0.29) is 18.0 Å². The molecule has 17 heavy (non-hydrogen) atoms. The van der Waals surface area contributed by atoms with Crippen LogP contribution < -0.4 is 0 Å². The Morgan fingerprint density at radius 3 is 2.47 bits per heavy atom. The minimum atomic E-state index is -0.803. The summed E-state index contributed by atoms with van der Waals surface area (Å²) in [5.41, 5.74) is 0.506. The maximum atomic E-state index is 11.7. The zero-order chi connectivity index (χ0) is 12.3. The van der Waals surface area contributed by atoms with E-state index in [1.807, 2.05) is 6.07 Å². The number of carboxylic acids is 1. The summed E-state index contributed by atoms with van der Waals surface area (Å²) in [6.07, 6.45) is 1.38. The van der Waals surface area contributed by atoms with Gasteiger partial charge in [0, 0.05) is 0 Å². The van der Waals surface area contributed by atoms with Crippen LogP contribution in [0.2, 0.25) is 0 Å². The van der Waals surface area contributed by atoms with E-state index in [1.165, 1.54) is 0 Å². The SMILES string of the molecule is O=C(O[C@@H]1CC[C@H](C(=O)O)C1)c1ccccc1. The van der Waals surface area contributed by atoms with Crippen molar-refractivity contribution in [3.63, 3.8) is 0 Å². The molecule has 90 valence electrons. The fourth-order valence-corrected chi connectivity index (χ4v) is 2.07. The van der Waals surface area contributed by atoms with Gasteiger partial charge in [0.15, 0.2) is 0 Å². The summed E-state index contributed by atoms with van der Waals surface area (Å²) in [6, 6.07) is 8.74. The number of carbonyl (C=O) groups excluding carboxylic acids is 1. The summed E-state index contributed by atoms with van der Waals surface area (Å²) in [4.78, 5) is 22.5. The average molecular weight is 234 g/mol. The number of rotatable bonds is 3. The van der Waals surface area contributed by atoms with Crippen LogP contribution >= 0.6 is 0 Å². The molecule has 0 bridgehead atoms. The normalized spacial score (nSPS) is 23.3. The molecule has 4 nitrogen and oxygen atoms in total. The first-order chi connectivity index (χ1) is 8.16. The monoisotopic (exact) mass is 234 g/mol. The van der Waals surface area contributed by atoms with Crippen LogP contribution in [0.15, 0.2) is 30.3 Å². The van der Waals surface area contributed by atoms with Crippen LogP contribution in [0.25, 0.3) is 0 Å². The van der Waals surface area contributed by atoms with E-state index in [9.17, 15) is 9.59 Å². The molecule has 1 aromatic rings. The van der Waals surface area contributed by atoms with Gasteiger partial charge >= 0.3 is 11.9 Å². The first-order valence-electron chi connectivity index (χ1n) is 5.65. The Hall–Kier alpha value is -1.84. The van der Waals surface area contributed by atoms with Crippen LogP contribution in [-0.4, -0.2) is 23.1 Å². The van der Waals surface area contributed by atoms with Crippen molar-refractivity contribution in [1.82, 2.24) is 0 Å². The number of aliphatic carboxylic acids is 1. The summed E-state index contributed by atoms with van der Waals surface area (Å²) < 4.78 is 5.28. The van der Waals surface area contributed by atoms with Crippen LogP contribution in [0.5, 0.6) is 0 Å². The van der Waals surface area contributed by atoms with Gasteiger partial charge in [-0.15, -0.1) is 0 Å². The van der Waals surface area contributed by atoms with Crippen LogP contribution in [0, 0.1) is 5.92 Å². The standard InChI is InChI=1S/C13H14O4/c14-12(15)10-6-7-11(8-10)17-13(16)9-4-2-1-3-5-9/h1-5,10-11H,6-8H2,(H,14,15)/t10-,11+/m0/s1. The molecule has 0 saturated heterocycles. The Morgan fingerprint density at radius 1 is 1.18 bits per heavy atom. The first kappa shape index (κ1) is 11.6. The highest BCUT2D eigenvalue weighted by Crippen LogP contribution is 2.28. The molecule has 0 aromatic heterocycles. The lowest BCUT2D eigenvalue weighted by molar-refractivity contribution is -0.141. The molecule has 0 aliphatic heterocycles. The lowest BCUT2D eigenvalue weighted by Crippen LogP contribution is -2.17. The van der Waals surface area contributed by atoms with E-state index in [2.05, 4.69) is 0 Å². The predicted molar refractivity (Wildman–Crippen MR) is 60.6 cm³/mol. The van der Waals surface area contributed by atoms with Gasteiger partial charge in [-0.25, -0.2) is 4.79 Å². The van der Waals surface area contributed by atoms with Crippen molar-refractivity contribution in [2.45, 2.75) is 25.4 Å². The van der Waals surface area contributed by atoms with Crippen molar-refractivity contribution in [3.05, 3.63) is 35.9 Å². The number of hydrogen-bond donors (Lipinski definition) is 1. The fraction of sp³-hybridized carbons (Fsp3) is 0.385. The molecule has 0 unspecified atom stereocenters. The topological polar surface area (TPSA) is 63.6 Å². The third-order valence-corrected chi connectivity index (χ3v) is 3.02. The van der Waals surface area contributed by atoms with Crippen molar-refractivity contribution in [3.8, 4) is 0 Å². The Morgan fingerprint density at radius 2 is 1.88 bits per heavy atom. The van der Waals surface area contributed by atoms with Crippen molar-refractivity contribution < 1.29 is 19.4 Å². The number of hydrogen-bond acceptors (Lipinski definition) is 3. The van der Waals surface area contributed by atoms with Gasteiger partial charge in [0.2, 0.25) is 0 Å². The van der Waals surface area contributed by atoms with Gasteiger partial charge in [0.25, 0.3) is 0 Å². The largest absolute Gasteiger partial charge is 0.481 e. The summed E-state index contributed by atoms with van der Waals surface area (Å²) >= 11 is 0. The molecule has 4 heteroatoms. The highest BCUT2D eigenvalue weighted by Gasteiger charge is 2.32. The highest BCUT2D eigenvalue weighted by atomic mass is 16.5. The van der Waals surface area contributed by atoms with E-state index in [0.717, 1.165) is 0 Å². The average Bonchev–Trinajstić information content (AvgIpc) is 2.79. The molecule has 1 N–H and O–H groups in total. The molecule has 2 rings (SSSR count). The number of carboxylic acid groups (broad SMARTS) is 1. The van der Waals surface area contributed by atoms with Crippen molar-refractivity contribution in [2.75, 3.05) is 0 Å². The highest BCUT2D eigenvalue weighted by molar-refractivity contribution is 5.89. The lowest BCUT2D eigenvalue weighted by atomic mass is 10.1. The molecule has 1 saturated carbocycles. The van der Waals surface area contributed by atoms with E-state index < -0.39 is 5.97 Å². The van der Waals surface area contributed by atoms with Gasteiger partial charge < -0.3 is 9.84 Å². The second kappa shape index (κ2) is 4.99. The van der Waals surface area contributed by atoms with E-state index in [4.69, 9.17) is 9.84 Å². The molecule has 0 amide bonds. The minimum Gasteiger partial charge on any atom is -0.481 e. The second-order valence-electron chi connectivity index (χ2n) is 4.24. The second-order valence-corrected chi connectivity index (χ2v) is 4.24. The van der Waals surface area contributed by atoms with Crippen molar-refractivity contribution in [2.24, 2.45) is 5.92 Å². The van der Waals surface area contributed by atoms with E-state index >= 15 is 0 Å². The number of esters is 1. The molecule has 1 aromatic carbocycles. The number of benzene rings is 1. The van der Waals surface area contributed by atoms with Gasteiger partial charge in [-0.2, -0.15) is 0 Å². The lowest BCUT2D eigenvalue weighted by Gasteiger charge is -2.11. The zero-order valence-electron chi connectivity index (χ0n) is 9.33. The Labute approximate surface area is 99.2 Å². The van der Waals surface area contributed by atoms with Crippen LogP contribution in [0.3, 0.4) is 0 Å². The fourth-order valence-electron chi connectivity index (χ4n) is 2.07. The summed E-state index contributed by atoms with van der Waals surface area (Å²) in [5, 5.41) is 8.84. The molecule has 1 aliphatic rings. The first-order valence-corrected chi connectivity index (χ1v) is 5.65. The molecule has 2 atom stereocenters. The van der Waals surface area contributed by atoms with Gasteiger partial charge in [0.1, 0.15) is 6.10 Å². The van der Waals surface area contributed by atoms with Crippen molar-refractivity contribution in [1.29, 1.82) is 0 Å². The van der Waals surface area contributed by atoms with Gasteiger partial charge in [-0.05, 0) is 31.4 Å². The van der Waals surface area contributed by atoms with Gasteiger partial charge in [0.05, 0.1) is 11.5 Å². The molecular formula is C13H14O4. The number of ether oxygens (including phenoxy) is 1. The molecule has 0 spiro atoms. The third-order valence-electron chi connectivity index (χ3n) is 3.02. The van der Waals surface area contributed by atoms with Crippen LogP contribution in [0.1, 0.15) is 29.6 Å². The third kappa shape index (κ3) is 2.84. The quantitative estimate of drug-likeness (QED) is 0.813. The maximum Gasteiger partial charge on any atom is 0.338 e. The van der Waals surface area contributed by atoms with Crippen LogP contribution in [0.4, 0.5) is 0 Å². The van der Waals surface area contributed by atoms with Crippen LogP contribution in [-0.2, 0) is 9.53 Å².